The molecule has 154 valence electrons. The van der Waals surface area contributed by atoms with Crippen molar-refractivity contribution in [2.75, 3.05) is 11.9 Å². The minimum atomic E-state index is -0.304. The van der Waals surface area contributed by atoms with Crippen LogP contribution in [-0.4, -0.2) is 17.6 Å². The monoisotopic (exact) mass is 393 g/mol. The van der Waals surface area contributed by atoms with E-state index in [0.717, 1.165) is 30.2 Å². The molecule has 0 radical (unpaired) electrons. The molecule has 2 N–H and O–H groups in total. The topological polar surface area (TPSA) is 58.6 Å². The number of hydrogen-bond acceptors (Lipinski definition) is 3. The molecule has 1 fully saturated rings. The number of carbonyl (C=O) groups excluding carboxylic acids is 1. The third kappa shape index (κ3) is 6.38. The standard InChI is InChI=1S/C25H31NO3/c1-17-4-11-24(27)23(15-17)26-25(28)16-29-22-9-7-20(8-10-22)5-6-21-13-18(2)12-19(3)14-21/h4,7-11,15,19,21,27H,2,5-6,12-14,16H2,1,3H3,(H,26,28). The molecule has 1 amide bonds. The quantitative estimate of drug-likeness (QED) is 0.472. The Hall–Kier alpha value is -2.75. The smallest absolute Gasteiger partial charge is 0.262 e. The first kappa shape index (κ1) is 21.0. The van der Waals surface area contributed by atoms with Crippen LogP contribution >= 0.6 is 0 Å². The van der Waals surface area contributed by atoms with Crippen molar-refractivity contribution >= 4 is 11.6 Å². The number of carbonyl (C=O) groups is 1. The lowest BCUT2D eigenvalue weighted by Gasteiger charge is -2.28. The van der Waals surface area contributed by atoms with Crippen LogP contribution in [0.25, 0.3) is 0 Å². The number of aromatic hydroxyl groups is 1. The van der Waals surface area contributed by atoms with E-state index in [0.29, 0.717) is 11.4 Å². The van der Waals surface area contributed by atoms with Crippen molar-refractivity contribution in [2.45, 2.75) is 46.0 Å². The zero-order valence-corrected chi connectivity index (χ0v) is 17.4. The molecular weight excluding hydrogens is 362 g/mol. The maximum atomic E-state index is 12.1. The van der Waals surface area contributed by atoms with Crippen molar-refractivity contribution in [1.29, 1.82) is 0 Å². The van der Waals surface area contributed by atoms with Crippen LogP contribution in [0.5, 0.6) is 11.5 Å². The first-order valence-corrected chi connectivity index (χ1v) is 10.4. The van der Waals surface area contributed by atoms with Gasteiger partial charge in [-0.3, -0.25) is 4.79 Å². The van der Waals surface area contributed by atoms with Crippen molar-refractivity contribution < 1.29 is 14.6 Å². The van der Waals surface area contributed by atoms with E-state index in [4.69, 9.17) is 4.74 Å². The van der Waals surface area contributed by atoms with E-state index in [-0.39, 0.29) is 18.3 Å². The lowest BCUT2D eigenvalue weighted by molar-refractivity contribution is -0.118. The second-order valence-corrected chi connectivity index (χ2v) is 8.41. The summed E-state index contributed by atoms with van der Waals surface area (Å²) >= 11 is 0. The summed E-state index contributed by atoms with van der Waals surface area (Å²) in [5.74, 6) is 1.90. The predicted molar refractivity (Wildman–Crippen MR) is 117 cm³/mol. The molecule has 4 nitrogen and oxygen atoms in total. The van der Waals surface area contributed by atoms with Crippen molar-refractivity contribution in [3.05, 3.63) is 65.7 Å². The summed E-state index contributed by atoms with van der Waals surface area (Å²) in [6.45, 7) is 8.31. The number of amides is 1. The number of allylic oxidation sites excluding steroid dienone is 1. The molecule has 2 unspecified atom stereocenters. The van der Waals surface area contributed by atoms with Crippen molar-refractivity contribution in [3.8, 4) is 11.5 Å². The van der Waals surface area contributed by atoms with Gasteiger partial charge < -0.3 is 15.2 Å². The van der Waals surface area contributed by atoms with Crippen molar-refractivity contribution in [1.82, 2.24) is 0 Å². The third-order valence-corrected chi connectivity index (χ3v) is 5.51. The van der Waals surface area contributed by atoms with Gasteiger partial charge in [0.25, 0.3) is 5.91 Å². The minimum absolute atomic E-state index is 0.0456. The summed E-state index contributed by atoms with van der Waals surface area (Å²) in [7, 11) is 0. The fourth-order valence-corrected chi connectivity index (χ4v) is 4.15. The first-order chi connectivity index (χ1) is 13.9. The summed E-state index contributed by atoms with van der Waals surface area (Å²) in [4.78, 5) is 12.1. The second-order valence-electron chi connectivity index (χ2n) is 8.41. The van der Waals surface area contributed by atoms with Gasteiger partial charge in [0, 0.05) is 0 Å². The highest BCUT2D eigenvalue weighted by atomic mass is 16.5. The SMILES string of the molecule is C=C1CC(C)CC(CCc2ccc(OCC(=O)Nc3cc(C)ccc3O)cc2)C1. The highest BCUT2D eigenvalue weighted by Crippen LogP contribution is 2.34. The summed E-state index contributed by atoms with van der Waals surface area (Å²) in [5, 5.41) is 12.5. The molecule has 0 aromatic heterocycles. The van der Waals surface area contributed by atoms with E-state index in [2.05, 4.69) is 31.0 Å². The Balaban J connectivity index is 1.44. The summed E-state index contributed by atoms with van der Waals surface area (Å²) < 4.78 is 5.58. The molecule has 1 aliphatic rings. The number of rotatable bonds is 7. The molecule has 0 saturated heterocycles. The van der Waals surface area contributed by atoms with Crippen LogP contribution in [0.2, 0.25) is 0 Å². The zero-order valence-electron chi connectivity index (χ0n) is 17.4. The number of ether oxygens (including phenoxy) is 1. The Morgan fingerprint density at radius 3 is 2.69 bits per heavy atom. The second kappa shape index (κ2) is 9.64. The molecular formula is C25H31NO3. The van der Waals surface area contributed by atoms with Crippen molar-refractivity contribution in [3.63, 3.8) is 0 Å². The van der Waals surface area contributed by atoms with Gasteiger partial charge in [0.2, 0.25) is 0 Å². The van der Waals surface area contributed by atoms with E-state index in [1.54, 1.807) is 18.2 Å². The molecule has 0 aliphatic heterocycles. The average molecular weight is 394 g/mol. The molecule has 0 heterocycles. The molecule has 2 aromatic rings. The van der Waals surface area contributed by atoms with Gasteiger partial charge in [-0.15, -0.1) is 0 Å². The number of phenols is 1. The maximum absolute atomic E-state index is 12.1. The van der Waals surface area contributed by atoms with Crippen LogP contribution in [-0.2, 0) is 11.2 Å². The van der Waals surface area contributed by atoms with E-state index >= 15 is 0 Å². The lowest BCUT2D eigenvalue weighted by atomic mass is 9.77. The van der Waals surface area contributed by atoms with E-state index < -0.39 is 0 Å². The molecule has 2 atom stereocenters. The Kier molecular flexibility index (Phi) is 6.97. The normalized spacial score (nSPS) is 19.0. The van der Waals surface area contributed by atoms with Crippen LogP contribution < -0.4 is 10.1 Å². The number of nitrogens with one attached hydrogen (secondary N) is 1. The number of hydrogen-bond donors (Lipinski definition) is 2. The highest BCUT2D eigenvalue weighted by molar-refractivity contribution is 5.93. The molecule has 1 aliphatic carbocycles. The summed E-state index contributed by atoms with van der Waals surface area (Å²) in [6, 6.07) is 13.0. The minimum Gasteiger partial charge on any atom is -0.506 e. The number of benzene rings is 2. The first-order valence-electron chi connectivity index (χ1n) is 10.4. The maximum Gasteiger partial charge on any atom is 0.262 e. The van der Waals surface area contributed by atoms with Crippen LogP contribution in [0.1, 0.15) is 43.7 Å². The molecule has 2 aromatic carbocycles. The lowest BCUT2D eigenvalue weighted by Crippen LogP contribution is -2.20. The molecule has 0 spiro atoms. The van der Waals surface area contributed by atoms with Crippen LogP contribution in [0, 0.1) is 18.8 Å². The predicted octanol–water partition coefficient (Wildman–Crippen LogP) is 5.64. The van der Waals surface area contributed by atoms with E-state index in [1.165, 1.54) is 30.4 Å². The molecule has 1 saturated carbocycles. The van der Waals surface area contributed by atoms with Gasteiger partial charge >= 0.3 is 0 Å². The largest absolute Gasteiger partial charge is 0.506 e. The van der Waals surface area contributed by atoms with Crippen molar-refractivity contribution in [2.24, 2.45) is 11.8 Å². The number of anilines is 1. The summed E-state index contributed by atoms with van der Waals surface area (Å²) in [6.07, 6.45) is 5.88. The van der Waals surface area contributed by atoms with Gasteiger partial charge in [0.1, 0.15) is 11.5 Å². The van der Waals surface area contributed by atoms with Crippen LogP contribution in [0.3, 0.4) is 0 Å². The average Bonchev–Trinajstić information content (AvgIpc) is 2.68. The molecule has 29 heavy (non-hydrogen) atoms. The fourth-order valence-electron chi connectivity index (χ4n) is 4.15. The van der Waals surface area contributed by atoms with Crippen LogP contribution in [0.4, 0.5) is 5.69 Å². The van der Waals surface area contributed by atoms with Gasteiger partial charge in [-0.1, -0.05) is 37.3 Å². The van der Waals surface area contributed by atoms with E-state index in [9.17, 15) is 9.90 Å². The highest BCUT2D eigenvalue weighted by Gasteiger charge is 2.20. The van der Waals surface area contributed by atoms with Gasteiger partial charge in [0.05, 0.1) is 5.69 Å². The Morgan fingerprint density at radius 2 is 1.97 bits per heavy atom. The van der Waals surface area contributed by atoms with Gasteiger partial charge in [-0.25, -0.2) is 0 Å². The van der Waals surface area contributed by atoms with E-state index in [1.807, 2.05) is 19.1 Å². The summed E-state index contributed by atoms with van der Waals surface area (Å²) in [5.41, 5.74) is 4.04. The van der Waals surface area contributed by atoms with Gasteiger partial charge in [-0.05, 0) is 86.3 Å². The molecule has 4 heteroatoms. The molecule has 0 bridgehead atoms. The number of aryl methyl sites for hydroxylation is 2. The number of phenolic OH excluding ortho intramolecular Hbond substituents is 1. The molecule has 3 rings (SSSR count). The third-order valence-electron chi connectivity index (χ3n) is 5.51. The van der Waals surface area contributed by atoms with Crippen LogP contribution in [0.15, 0.2) is 54.6 Å². The van der Waals surface area contributed by atoms with Gasteiger partial charge in [-0.2, -0.15) is 0 Å². The zero-order chi connectivity index (χ0) is 20.8. The Bertz CT molecular complexity index is 857. The Labute approximate surface area is 173 Å². The Morgan fingerprint density at radius 1 is 1.21 bits per heavy atom. The van der Waals surface area contributed by atoms with Gasteiger partial charge in [0.15, 0.2) is 6.61 Å². The fraction of sp³-hybridized carbons (Fsp3) is 0.400.